The van der Waals surface area contributed by atoms with Crippen LogP contribution in [-0.4, -0.2) is 65.7 Å². The van der Waals surface area contributed by atoms with E-state index in [1.165, 1.54) is 0 Å². The van der Waals surface area contributed by atoms with E-state index in [2.05, 4.69) is 15.2 Å². The summed E-state index contributed by atoms with van der Waals surface area (Å²) in [6, 6.07) is 11.3. The molecule has 0 spiro atoms. The number of amides is 2. The standard InChI is InChI=1S/C21H27N5O3/c1-4-29-21(28)26-12-10-25(11-13-26)18-14-17(20(27)22-15(2)3)23-19(24-18)16-8-6-5-7-9-16/h5-9,14-15H,4,10-13H2,1-3H3,(H,22,27). The molecule has 0 aliphatic carbocycles. The lowest BCUT2D eigenvalue weighted by Crippen LogP contribution is -2.49. The molecule has 1 aliphatic rings. The maximum Gasteiger partial charge on any atom is 0.409 e. The van der Waals surface area contributed by atoms with Gasteiger partial charge < -0.3 is 19.9 Å². The number of carbonyl (C=O) groups is 2. The Morgan fingerprint density at radius 1 is 1.10 bits per heavy atom. The van der Waals surface area contributed by atoms with Crippen LogP contribution in [0.3, 0.4) is 0 Å². The van der Waals surface area contributed by atoms with E-state index in [1.807, 2.05) is 44.2 Å². The number of piperazine rings is 1. The first-order chi connectivity index (χ1) is 14.0. The average Bonchev–Trinajstić information content (AvgIpc) is 2.74. The second-order valence-corrected chi connectivity index (χ2v) is 7.10. The monoisotopic (exact) mass is 397 g/mol. The second kappa shape index (κ2) is 9.36. The molecule has 0 unspecified atom stereocenters. The van der Waals surface area contributed by atoms with Crippen molar-refractivity contribution in [2.24, 2.45) is 0 Å². The predicted molar refractivity (Wildman–Crippen MR) is 111 cm³/mol. The number of rotatable bonds is 5. The van der Waals surface area contributed by atoms with Crippen molar-refractivity contribution < 1.29 is 14.3 Å². The first-order valence-electron chi connectivity index (χ1n) is 9.90. The summed E-state index contributed by atoms with van der Waals surface area (Å²) < 4.78 is 5.08. The molecule has 0 bridgehead atoms. The highest BCUT2D eigenvalue weighted by molar-refractivity contribution is 5.93. The summed E-state index contributed by atoms with van der Waals surface area (Å²) in [6.45, 7) is 8.27. The Hall–Kier alpha value is -3.16. The second-order valence-electron chi connectivity index (χ2n) is 7.10. The number of aromatic nitrogens is 2. The van der Waals surface area contributed by atoms with E-state index in [9.17, 15) is 9.59 Å². The summed E-state index contributed by atoms with van der Waals surface area (Å²) in [7, 11) is 0. The quantitative estimate of drug-likeness (QED) is 0.834. The van der Waals surface area contributed by atoms with Gasteiger partial charge in [0.15, 0.2) is 5.82 Å². The molecule has 1 aromatic carbocycles. The lowest BCUT2D eigenvalue weighted by atomic mass is 10.2. The van der Waals surface area contributed by atoms with Crippen LogP contribution in [0.4, 0.5) is 10.6 Å². The molecule has 8 nitrogen and oxygen atoms in total. The molecule has 0 atom stereocenters. The maximum absolute atomic E-state index is 12.6. The van der Waals surface area contributed by atoms with Gasteiger partial charge in [-0.1, -0.05) is 30.3 Å². The van der Waals surface area contributed by atoms with Crippen molar-refractivity contribution in [2.75, 3.05) is 37.7 Å². The van der Waals surface area contributed by atoms with Crippen molar-refractivity contribution in [3.8, 4) is 11.4 Å². The fourth-order valence-corrected chi connectivity index (χ4v) is 3.10. The largest absolute Gasteiger partial charge is 0.450 e. The molecular formula is C21H27N5O3. The van der Waals surface area contributed by atoms with Gasteiger partial charge in [0.25, 0.3) is 5.91 Å². The van der Waals surface area contributed by atoms with Crippen molar-refractivity contribution in [1.29, 1.82) is 0 Å². The number of hydrogen-bond acceptors (Lipinski definition) is 6. The molecule has 2 amide bonds. The van der Waals surface area contributed by atoms with Crippen LogP contribution in [0, 0.1) is 0 Å². The highest BCUT2D eigenvalue weighted by Crippen LogP contribution is 2.21. The molecule has 1 saturated heterocycles. The van der Waals surface area contributed by atoms with Crippen molar-refractivity contribution in [1.82, 2.24) is 20.2 Å². The van der Waals surface area contributed by atoms with E-state index in [0.717, 1.165) is 5.56 Å². The fourth-order valence-electron chi connectivity index (χ4n) is 3.10. The van der Waals surface area contributed by atoms with Crippen LogP contribution in [0.15, 0.2) is 36.4 Å². The van der Waals surface area contributed by atoms with E-state index in [0.29, 0.717) is 50.1 Å². The zero-order valence-electron chi connectivity index (χ0n) is 17.1. The average molecular weight is 397 g/mol. The van der Waals surface area contributed by atoms with E-state index in [1.54, 1.807) is 17.9 Å². The lowest BCUT2D eigenvalue weighted by Gasteiger charge is -2.34. The minimum Gasteiger partial charge on any atom is -0.450 e. The number of anilines is 1. The van der Waals surface area contributed by atoms with Crippen molar-refractivity contribution in [2.45, 2.75) is 26.8 Å². The zero-order valence-corrected chi connectivity index (χ0v) is 17.1. The third kappa shape index (κ3) is 5.22. The van der Waals surface area contributed by atoms with Crippen molar-refractivity contribution in [3.05, 3.63) is 42.1 Å². The summed E-state index contributed by atoms with van der Waals surface area (Å²) in [4.78, 5) is 37.5. The summed E-state index contributed by atoms with van der Waals surface area (Å²) in [5, 5.41) is 2.89. The van der Waals surface area contributed by atoms with Gasteiger partial charge in [0.05, 0.1) is 6.61 Å². The van der Waals surface area contributed by atoms with E-state index in [4.69, 9.17) is 9.72 Å². The SMILES string of the molecule is CCOC(=O)N1CCN(c2cc(C(=O)NC(C)C)nc(-c3ccccc3)n2)CC1. The normalized spacial score (nSPS) is 14.1. The molecule has 3 rings (SSSR count). The minimum atomic E-state index is -0.295. The van der Waals surface area contributed by atoms with Gasteiger partial charge in [-0.2, -0.15) is 0 Å². The summed E-state index contributed by atoms with van der Waals surface area (Å²) in [6.07, 6.45) is -0.295. The molecule has 0 radical (unpaired) electrons. The highest BCUT2D eigenvalue weighted by Gasteiger charge is 2.24. The van der Waals surface area contributed by atoms with Gasteiger partial charge in [0.1, 0.15) is 11.5 Å². The Labute approximate surface area is 170 Å². The van der Waals surface area contributed by atoms with Gasteiger partial charge >= 0.3 is 6.09 Å². The molecule has 0 saturated carbocycles. The van der Waals surface area contributed by atoms with Gasteiger partial charge in [0, 0.05) is 43.9 Å². The molecule has 2 heterocycles. The Morgan fingerprint density at radius 2 is 1.79 bits per heavy atom. The van der Waals surface area contributed by atoms with Crippen LogP contribution >= 0.6 is 0 Å². The fraction of sp³-hybridized carbons (Fsp3) is 0.429. The van der Waals surface area contributed by atoms with Crippen LogP contribution in [0.5, 0.6) is 0 Å². The van der Waals surface area contributed by atoms with E-state index in [-0.39, 0.29) is 18.0 Å². The van der Waals surface area contributed by atoms with Crippen LogP contribution in [0.1, 0.15) is 31.3 Å². The number of carbonyl (C=O) groups excluding carboxylic acids is 2. The molecule has 1 N–H and O–H groups in total. The van der Waals surface area contributed by atoms with Crippen molar-refractivity contribution >= 4 is 17.8 Å². The zero-order chi connectivity index (χ0) is 20.8. The summed E-state index contributed by atoms with van der Waals surface area (Å²) in [5.41, 5.74) is 1.17. The maximum atomic E-state index is 12.6. The lowest BCUT2D eigenvalue weighted by molar-refractivity contribution is 0.0938. The molecular weight excluding hydrogens is 370 g/mol. The predicted octanol–water partition coefficient (Wildman–Crippen LogP) is 2.56. The smallest absolute Gasteiger partial charge is 0.409 e. The number of hydrogen-bond donors (Lipinski definition) is 1. The third-order valence-corrected chi connectivity index (χ3v) is 4.53. The molecule has 1 fully saturated rings. The molecule has 29 heavy (non-hydrogen) atoms. The first kappa shape index (κ1) is 20.6. The van der Waals surface area contributed by atoms with E-state index >= 15 is 0 Å². The van der Waals surface area contributed by atoms with Crippen molar-refractivity contribution in [3.63, 3.8) is 0 Å². The van der Waals surface area contributed by atoms with Crippen LogP contribution in [0.2, 0.25) is 0 Å². The van der Waals surface area contributed by atoms with E-state index < -0.39 is 0 Å². The molecule has 2 aromatic rings. The Bertz CT molecular complexity index is 849. The number of ether oxygens (including phenoxy) is 1. The summed E-state index contributed by atoms with van der Waals surface area (Å²) in [5.74, 6) is 0.951. The van der Waals surface area contributed by atoms with Gasteiger partial charge in [-0.3, -0.25) is 4.79 Å². The molecule has 8 heteroatoms. The van der Waals surface area contributed by atoms with Gasteiger partial charge in [-0.15, -0.1) is 0 Å². The van der Waals surface area contributed by atoms with Crippen LogP contribution in [-0.2, 0) is 4.74 Å². The number of nitrogens with zero attached hydrogens (tertiary/aromatic N) is 4. The van der Waals surface area contributed by atoms with Crippen LogP contribution in [0.25, 0.3) is 11.4 Å². The van der Waals surface area contributed by atoms with Crippen LogP contribution < -0.4 is 10.2 Å². The third-order valence-electron chi connectivity index (χ3n) is 4.53. The summed E-state index contributed by atoms with van der Waals surface area (Å²) >= 11 is 0. The Balaban J connectivity index is 1.86. The topological polar surface area (TPSA) is 87.7 Å². The molecule has 154 valence electrons. The number of benzene rings is 1. The molecule has 1 aromatic heterocycles. The Morgan fingerprint density at radius 3 is 2.41 bits per heavy atom. The molecule has 1 aliphatic heterocycles. The minimum absolute atomic E-state index is 0.00853. The Kier molecular flexibility index (Phi) is 6.64. The van der Waals surface area contributed by atoms with Gasteiger partial charge in [-0.05, 0) is 20.8 Å². The van der Waals surface area contributed by atoms with Gasteiger partial charge in [0.2, 0.25) is 0 Å². The highest BCUT2D eigenvalue weighted by atomic mass is 16.6. The number of nitrogens with one attached hydrogen (secondary N) is 1. The first-order valence-corrected chi connectivity index (χ1v) is 9.90. The van der Waals surface area contributed by atoms with Gasteiger partial charge in [-0.25, -0.2) is 14.8 Å².